The molecular weight excluding hydrogens is 364 g/mol. The second-order valence-electron chi connectivity index (χ2n) is 9.12. The lowest BCUT2D eigenvalue weighted by atomic mass is 9.57. The molecule has 2 aromatic rings. The van der Waals surface area contributed by atoms with Crippen LogP contribution in [0.25, 0.3) is 11.1 Å². The summed E-state index contributed by atoms with van der Waals surface area (Å²) >= 11 is 0. The van der Waals surface area contributed by atoms with Gasteiger partial charge in [0.05, 0.1) is 6.10 Å². The van der Waals surface area contributed by atoms with Crippen molar-refractivity contribution in [3.63, 3.8) is 0 Å². The third-order valence-corrected chi connectivity index (χ3v) is 7.40. The van der Waals surface area contributed by atoms with Gasteiger partial charge in [-0.15, -0.1) is 0 Å². The van der Waals surface area contributed by atoms with Gasteiger partial charge in [0.2, 0.25) is 0 Å². The minimum absolute atomic E-state index is 0.00384. The zero-order valence-corrected chi connectivity index (χ0v) is 17.3. The molecule has 0 bridgehead atoms. The van der Waals surface area contributed by atoms with E-state index >= 15 is 0 Å². The number of methoxy groups -OCH3 is 1. The van der Waals surface area contributed by atoms with Gasteiger partial charge in [0.25, 0.3) is 6.02 Å². The zero-order valence-electron chi connectivity index (χ0n) is 17.3. The fraction of sp³-hybridized carbons (Fsp3) is 0.522. The lowest BCUT2D eigenvalue weighted by Gasteiger charge is -2.50. The summed E-state index contributed by atoms with van der Waals surface area (Å²) in [6, 6.07) is 6.97. The Balaban J connectivity index is 1.64. The first-order chi connectivity index (χ1) is 14.0. The average Bonchev–Trinajstić information content (AvgIpc) is 3.22. The van der Waals surface area contributed by atoms with Gasteiger partial charge in [0, 0.05) is 30.5 Å². The van der Waals surface area contributed by atoms with Crippen molar-refractivity contribution in [1.29, 1.82) is 0 Å². The molecule has 152 valence electrons. The van der Waals surface area contributed by atoms with Crippen LogP contribution in [-0.2, 0) is 21.4 Å². The first-order valence-electron chi connectivity index (χ1n) is 10.4. The topological polar surface area (TPSA) is 82.6 Å². The molecule has 6 heteroatoms. The van der Waals surface area contributed by atoms with Gasteiger partial charge in [0.1, 0.15) is 18.5 Å². The molecule has 1 aromatic carbocycles. The molecule has 0 amide bonds. The van der Waals surface area contributed by atoms with Gasteiger partial charge in [-0.05, 0) is 53.9 Å². The predicted molar refractivity (Wildman–Crippen MR) is 111 cm³/mol. The Kier molecular flexibility index (Phi) is 4.17. The van der Waals surface area contributed by atoms with E-state index in [0.717, 1.165) is 30.4 Å². The number of hydrogen-bond acceptors (Lipinski definition) is 6. The highest BCUT2D eigenvalue weighted by Crippen LogP contribution is 2.63. The fourth-order valence-corrected chi connectivity index (χ4v) is 6.44. The number of aromatic nitrogens is 2. The summed E-state index contributed by atoms with van der Waals surface area (Å²) in [6.07, 6.45) is 8.63. The van der Waals surface area contributed by atoms with Crippen molar-refractivity contribution in [1.82, 2.24) is 9.97 Å². The highest BCUT2D eigenvalue weighted by molar-refractivity contribution is 5.76. The second kappa shape index (κ2) is 6.52. The number of nitrogens with zero attached hydrogens (tertiary/aromatic N) is 3. The van der Waals surface area contributed by atoms with Crippen LogP contribution in [0.2, 0.25) is 0 Å². The molecule has 1 fully saturated rings. The fourth-order valence-electron chi connectivity index (χ4n) is 6.44. The summed E-state index contributed by atoms with van der Waals surface area (Å²) in [5.74, 6) is 0.905. The molecule has 5 atom stereocenters. The average molecular weight is 393 g/mol. The largest absolute Gasteiger partial charge is 0.462 e. The Bertz CT molecular complexity index is 949. The molecule has 0 saturated heterocycles. The minimum Gasteiger partial charge on any atom is -0.462 e. The molecule has 2 N–H and O–H groups in total. The van der Waals surface area contributed by atoms with Gasteiger partial charge in [-0.3, -0.25) is 0 Å². The Hall–Kier alpha value is -2.47. The van der Waals surface area contributed by atoms with E-state index in [2.05, 4.69) is 42.0 Å². The van der Waals surface area contributed by atoms with Crippen molar-refractivity contribution >= 4 is 6.02 Å². The maximum atomic E-state index is 6.09. The van der Waals surface area contributed by atoms with Crippen molar-refractivity contribution in [2.75, 3.05) is 13.7 Å². The van der Waals surface area contributed by atoms with Crippen LogP contribution in [0.4, 0.5) is 0 Å². The van der Waals surface area contributed by atoms with Gasteiger partial charge in [-0.2, -0.15) is 0 Å². The van der Waals surface area contributed by atoms with E-state index in [9.17, 15) is 0 Å². The van der Waals surface area contributed by atoms with Crippen LogP contribution in [-0.4, -0.2) is 35.8 Å². The van der Waals surface area contributed by atoms with Crippen LogP contribution in [0.5, 0.6) is 0 Å². The molecule has 29 heavy (non-hydrogen) atoms. The van der Waals surface area contributed by atoms with Gasteiger partial charge in [0.15, 0.2) is 0 Å². The molecule has 1 aromatic heterocycles. The minimum atomic E-state index is -0.431. The van der Waals surface area contributed by atoms with Crippen molar-refractivity contribution in [3.05, 3.63) is 48.0 Å². The number of rotatable bonds is 2. The molecule has 0 radical (unpaired) electrons. The molecule has 2 heterocycles. The molecule has 2 aliphatic carbocycles. The summed E-state index contributed by atoms with van der Waals surface area (Å²) in [6.45, 7) is 5.12. The van der Waals surface area contributed by atoms with Gasteiger partial charge in [-0.25, -0.2) is 15.0 Å². The molecule has 2 spiro atoms. The van der Waals surface area contributed by atoms with Crippen molar-refractivity contribution in [3.8, 4) is 11.1 Å². The van der Waals surface area contributed by atoms with Crippen molar-refractivity contribution < 1.29 is 9.47 Å². The van der Waals surface area contributed by atoms with E-state index in [0.29, 0.717) is 24.5 Å². The highest BCUT2D eigenvalue weighted by Gasteiger charge is 2.63. The molecule has 5 rings (SSSR count). The first-order valence-corrected chi connectivity index (χ1v) is 10.4. The lowest BCUT2D eigenvalue weighted by molar-refractivity contribution is -0.0779. The third-order valence-electron chi connectivity index (χ3n) is 7.40. The zero-order chi connectivity index (χ0) is 20.2. The van der Waals surface area contributed by atoms with E-state index in [-0.39, 0.29) is 11.5 Å². The van der Waals surface area contributed by atoms with Crippen LogP contribution in [0.1, 0.15) is 37.8 Å². The monoisotopic (exact) mass is 392 g/mol. The number of benzene rings is 1. The molecular formula is C23H28N4O2. The quantitative estimate of drug-likeness (QED) is 0.848. The van der Waals surface area contributed by atoms with E-state index in [1.807, 2.05) is 19.5 Å². The molecule has 1 saturated carbocycles. The van der Waals surface area contributed by atoms with E-state index in [1.54, 1.807) is 6.33 Å². The normalized spacial score (nSPS) is 35.6. The van der Waals surface area contributed by atoms with Gasteiger partial charge in [-0.1, -0.05) is 26.0 Å². The number of amidine groups is 1. The third kappa shape index (κ3) is 2.61. The van der Waals surface area contributed by atoms with Crippen LogP contribution in [0.15, 0.2) is 41.9 Å². The summed E-state index contributed by atoms with van der Waals surface area (Å²) < 4.78 is 11.7. The van der Waals surface area contributed by atoms with Crippen LogP contribution in [0.3, 0.4) is 0 Å². The van der Waals surface area contributed by atoms with Crippen LogP contribution in [0, 0.1) is 17.3 Å². The van der Waals surface area contributed by atoms with Crippen LogP contribution >= 0.6 is 0 Å². The van der Waals surface area contributed by atoms with Crippen molar-refractivity contribution in [2.45, 2.75) is 44.8 Å². The smallest absolute Gasteiger partial charge is 0.283 e. The predicted octanol–water partition coefficient (Wildman–Crippen LogP) is 3.31. The number of hydrogen-bond donors (Lipinski definition) is 1. The SMILES string of the molecule is COC1[C@H](C)CC2(Cc3ccc(-c4cncnc4)cc3C23COC(N)=N3)C[C@@H]1C. The van der Waals surface area contributed by atoms with Gasteiger partial charge >= 0.3 is 0 Å². The Labute approximate surface area is 171 Å². The molecule has 1 aliphatic heterocycles. The van der Waals surface area contributed by atoms with Gasteiger partial charge < -0.3 is 15.2 Å². The number of aliphatic imine (C=N–C) groups is 1. The lowest BCUT2D eigenvalue weighted by Crippen LogP contribution is -2.51. The standard InChI is InChI=1S/C23H28N4O2/c1-14-7-22(8-15(2)20(14)28-3)9-17-5-4-16(18-10-25-13-26-11-18)6-19(17)23(22)12-29-21(24)27-23/h4-6,10-11,13-15,20H,7-9,12H2,1-3H3,(H2,24,27)/t14-,15+,20?,22?,23?. The summed E-state index contributed by atoms with van der Waals surface area (Å²) in [7, 11) is 1.83. The highest BCUT2D eigenvalue weighted by atomic mass is 16.5. The number of ether oxygens (including phenoxy) is 2. The second-order valence-corrected chi connectivity index (χ2v) is 9.12. The Morgan fingerprint density at radius 3 is 2.45 bits per heavy atom. The maximum Gasteiger partial charge on any atom is 0.283 e. The van der Waals surface area contributed by atoms with Crippen LogP contribution < -0.4 is 5.73 Å². The van der Waals surface area contributed by atoms with Crippen molar-refractivity contribution in [2.24, 2.45) is 28.0 Å². The summed E-state index contributed by atoms with van der Waals surface area (Å²) in [4.78, 5) is 13.4. The molecule has 3 aliphatic rings. The Morgan fingerprint density at radius 2 is 1.83 bits per heavy atom. The van der Waals surface area contributed by atoms with E-state index in [1.165, 1.54) is 11.1 Å². The summed E-state index contributed by atoms with van der Waals surface area (Å²) in [5, 5.41) is 0. The number of nitrogens with two attached hydrogens (primary N) is 1. The molecule has 3 unspecified atom stereocenters. The first kappa shape index (κ1) is 18.6. The maximum absolute atomic E-state index is 6.09. The molecule has 6 nitrogen and oxygen atoms in total. The summed E-state index contributed by atoms with van der Waals surface area (Å²) in [5.41, 5.74) is 10.4. The van der Waals surface area contributed by atoms with E-state index in [4.69, 9.17) is 20.2 Å². The number of fused-ring (bicyclic) bond motifs is 3. The Morgan fingerprint density at radius 1 is 1.10 bits per heavy atom. The van der Waals surface area contributed by atoms with E-state index < -0.39 is 5.54 Å².